The van der Waals surface area contributed by atoms with E-state index in [4.69, 9.17) is 7.85 Å². The van der Waals surface area contributed by atoms with Crippen LogP contribution in [-0.4, -0.2) is 100 Å². The molecule has 0 spiro atoms. The average Bonchev–Trinajstić information content (AvgIpc) is 3.39. The number of carbonyl (C=O) groups is 2. The number of ether oxygens (including phenoxy) is 1. The van der Waals surface area contributed by atoms with Crippen LogP contribution in [0.25, 0.3) is 0 Å². The zero-order valence-corrected chi connectivity index (χ0v) is 19.8. The Labute approximate surface area is 204 Å². The van der Waals surface area contributed by atoms with Gasteiger partial charge in [0.05, 0.1) is 14.4 Å². The molecule has 2 amide bonds. The molecule has 3 aliphatic rings. The summed E-state index contributed by atoms with van der Waals surface area (Å²) in [4.78, 5) is 34.1. The van der Waals surface area contributed by atoms with Crippen LogP contribution >= 0.6 is 0 Å². The number of piperidine rings is 1. The fourth-order valence-corrected chi connectivity index (χ4v) is 4.60. The standard InChI is InChI=1S/C21H26BF6N5O3/c1-18(5-7-31(8-6-18)17(35)36-16(20(23,24)25)21(26,27)28)30(2)15(34)13-11-32-9-10-33(12-14(32)29-13)19(22)3-4-19/h11,16H,3-10,12H2,1-2H3. The monoisotopic (exact) mass is 521 g/mol. The minimum absolute atomic E-state index is 0.129. The van der Waals surface area contributed by atoms with Crippen molar-refractivity contribution < 1.29 is 40.7 Å². The van der Waals surface area contributed by atoms with Crippen molar-refractivity contribution >= 4 is 19.8 Å². The number of hydrogen-bond acceptors (Lipinski definition) is 5. The van der Waals surface area contributed by atoms with Gasteiger partial charge in [0.15, 0.2) is 0 Å². The Bertz CT molecular complexity index is 1000. The van der Waals surface area contributed by atoms with Gasteiger partial charge in [0.2, 0.25) is 0 Å². The van der Waals surface area contributed by atoms with Gasteiger partial charge in [-0.15, -0.1) is 0 Å². The van der Waals surface area contributed by atoms with Crippen molar-refractivity contribution in [2.24, 2.45) is 0 Å². The Kier molecular flexibility index (Phi) is 6.54. The van der Waals surface area contributed by atoms with Crippen molar-refractivity contribution in [2.45, 2.75) is 75.1 Å². The number of amides is 2. The molecule has 2 aliphatic heterocycles. The van der Waals surface area contributed by atoms with Crippen LogP contribution in [0.4, 0.5) is 31.1 Å². The summed E-state index contributed by atoms with van der Waals surface area (Å²) in [7, 11) is 7.83. The molecular weight excluding hydrogens is 495 g/mol. The Hall–Kier alpha value is -2.45. The molecule has 0 bridgehead atoms. The normalized spacial score (nSPS) is 21.8. The molecular formula is C21H26BF6N5O3. The van der Waals surface area contributed by atoms with Gasteiger partial charge in [-0.25, -0.2) is 9.78 Å². The summed E-state index contributed by atoms with van der Waals surface area (Å²) in [5, 5.41) is 0. The minimum atomic E-state index is -5.78. The molecule has 2 radical (unpaired) electrons. The number of aromatic nitrogens is 2. The Morgan fingerprint density at radius 3 is 2.17 bits per heavy atom. The largest absolute Gasteiger partial charge is 0.434 e. The topological polar surface area (TPSA) is 70.9 Å². The van der Waals surface area contributed by atoms with Gasteiger partial charge in [0.1, 0.15) is 11.5 Å². The molecule has 1 aliphatic carbocycles. The highest BCUT2D eigenvalue weighted by Crippen LogP contribution is 2.40. The highest BCUT2D eigenvalue weighted by Gasteiger charge is 2.60. The smallest absolute Gasteiger partial charge is 0.426 e. The van der Waals surface area contributed by atoms with Crippen LogP contribution < -0.4 is 0 Å². The van der Waals surface area contributed by atoms with E-state index in [0.717, 1.165) is 30.1 Å². The third-order valence-corrected chi connectivity index (χ3v) is 7.44. The number of carbonyl (C=O) groups excluding carboxylic acids is 2. The highest BCUT2D eigenvalue weighted by molar-refractivity contribution is 6.17. The first kappa shape index (κ1) is 26.6. The molecule has 1 aromatic heterocycles. The Balaban J connectivity index is 1.37. The molecule has 1 saturated carbocycles. The number of hydrogen-bond donors (Lipinski definition) is 0. The summed E-state index contributed by atoms with van der Waals surface area (Å²) in [5.74, 6) is 0.353. The van der Waals surface area contributed by atoms with E-state index < -0.39 is 30.1 Å². The lowest BCUT2D eigenvalue weighted by Gasteiger charge is -2.44. The third kappa shape index (κ3) is 5.16. The second kappa shape index (κ2) is 8.84. The second-order valence-electron chi connectivity index (χ2n) is 9.96. The molecule has 8 nitrogen and oxygen atoms in total. The van der Waals surface area contributed by atoms with Gasteiger partial charge < -0.3 is 19.1 Å². The Morgan fingerprint density at radius 1 is 1.06 bits per heavy atom. The molecule has 0 aromatic carbocycles. The SMILES string of the molecule is [B]C1(N2CCn3cc(C(=O)N(C)C4(C)CCN(C(=O)OC(C(F)(F)F)C(F)(F)F)CC4)nc3C2)CC1. The lowest BCUT2D eigenvalue weighted by molar-refractivity contribution is -0.308. The van der Waals surface area contributed by atoms with E-state index >= 15 is 0 Å². The van der Waals surface area contributed by atoms with Gasteiger partial charge in [0.25, 0.3) is 12.0 Å². The predicted molar refractivity (Wildman–Crippen MR) is 114 cm³/mol. The van der Waals surface area contributed by atoms with Crippen molar-refractivity contribution in [3.63, 3.8) is 0 Å². The van der Waals surface area contributed by atoms with Crippen molar-refractivity contribution in [1.82, 2.24) is 24.3 Å². The first-order chi connectivity index (χ1) is 16.5. The molecule has 1 saturated heterocycles. The summed E-state index contributed by atoms with van der Waals surface area (Å²) >= 11 is 0. The van der Waals surface area contributed by atoms with Gasteiger partial charge in [-0.1, -0.05) is 0 Å². The maximum atomic E-state index is 13.2. The average molecular weight is 521 g/mol. The Morgan fingerprint density at radius 2 is 1.64 bits per heavy atom. The van der Waals surface area contributed by atoms with Gasteiger partial charge in [-0.2, -0.15) is 26.3 Å². The lowest BCUT2D eigenvalue weighted by atomic mass is 9.88. The zero-order chi connectivity index (χ0) is 26.7. The quantitative estimate of drug-likeness (QED) is 0.451. The van der Waals surface area contributed by atoms with Crippen molar-refractivity contribution in [1.29, 1.82) is 0 Å². The summed E-state index contributed by atoms with van der Waals surface area (Å²) in [6.07, 6.45) is -13.7. The predicted octanol–water partition coefficient (Wildman–Crippen LogP) is 2.91. The maximum Gasteiger partial charge on any atom is 0.434 e. The van der Waals surface area contributed by atoms with Gasteiger partial charge in [0, 0.05) is 45.0 Å². The van der Waals surface area contributed by atoms with E-state index in [1.807, 2.05) is 4.57 Å². The molecule has 0 N–H and O–H groups in total. The van der Waals surface area contributed by atoms with Crippen LogP contribution in [-0.2, 0) is 17.8 Å². The lowest BCUT2D eigenvalue weighted by Crippen LogP contribution is -2.56. The molecule has 15 heteroatoms. The first-order valence-corrected chi connectivity index (χ1v) is 11.5. The molecule has 36 heavy (non-hydrogen) atoms. The van der Waals surface area contributed by atoms with Gasteiger partial charge in [-0.3, -0.25) is 9.69 Å². The number of rotatable bonds is 4. The number of alkyl halides is 6. The highest BCUT2D eigenvalue weighted by atomic mass is 19.4. The van der Waals surface area contributed by atoms with Crippen LogP contribution in [0.5, 0.6) is 0 Å². The van der Waals surface area contributed by atoms with Crippen LogP contribution in [0.1, 0.15) is 48.9 Å². The van der Waals surface area contributed by atoms with E-state index in [1.54, 1.807) is 20.2 Å². The fraction of sp³-hybridized carbons (Fsp3) is 0.762. The minimum Gasteiger partial charge on any atom is -0.426 e. The molecule has 2 fully saturated rings. The van der Waals surface area contributed by atoms with E-state index in [0.29, 0.717) is 13.1 Å². The molecule has 1 aromatic rings. The number of fused-ring (bicyclic) bond motifs is 1. The molecule has 4 rings (SSSR count). The molecule has 198 valence electrons. The number of imidazole rings is 1. The number of likely N-dealkylation sites (tertiary alicyclic amines) is 1. The molecule has 3 heterocycles. The van der Waals surface area contributed by atoms with Crippen LogP contribution in [0.3, 0.4) is 0 Å². The fourth-order valence-electron chi connectivity index (χ4n) is 4.60. The van der Waals surface area contributed by atoms with Gasteiger partial charge in [-0.05, 0) is 38.0 Å². The van der Waals surface area contributed by atoms with E-state index in [1.165, 1.54) is 4.90 Å². The summed E-state index contributed by atoms with van der Waals surface area (Å²) in [6.45, 7) is 3.30. The van der Waals surface area contributed by atoms with E-state index in [-0.39, 0.29) is 43.0 Å². The summed E-state index contributed by atoms with van der Waals surface area (Å²) in [6, 6.07) is 0. The number of halogens is 6. The van der Waals surface area contributed by atoms with E-state index in [2.05, 4.69) is 14.6 Å². The van der Waals surface area contributed by atoms with Crippen molar-refractivity contribution in [2.75, 3.05) is 26.7 Å². The van der Waals surface area contributed by atoms with Crippen molar-refractivity contribution in [3.8, 4) is 0 Å². The maximum absolute atomic E-state index is 13.2. The first-order valence-electron chi connectivity index (χ1n) is 11.5. The van der Waals surface area contributed by atoms with E-state index in [9.17, 15) is 35.9 Å². The second-order valence-corrected chi connectivity index (χ2v) is 9.96. The molecule has 0 unspecified atom stereocenters. The van der Waals surface area contributed by atoms with Crippen LogP contribution in [0.15, 0.2) is 6.20 Å². The molecule has 0 atom stereocenters. The summed E-state index contributed by atoms with van der Waals surface area (Å²) < 4.78 is 82.0. The van der Waals surface area contributed by atoms with Crippen molar-refractivity contribution in [3.05, 3.63) is 17.7 Å². The van der Waals surface area contributed by atoms with Crippen LogP contribution in [0, 0.1) is 0 Å². The summed E-state index contributed by atoms with van der Waals surface area (Å²) in [5.41, 5.74) is -0.870. The number of nitrogens with zero attached hydrogens (tertiary/aromatic N) is 5. The zero-order valence-electron chi connectivity index (χ0n) is 19.8. The van der Waals surface area contributed by atoms with Gasteiger partial charge >= 0.3 is 18.4 Å². The van der Waals surface area contributed by atoms with Crippen LogP contribution in [0.2, 0.25) is 0 Å². The third-order valence-electron chi connectivity index (χ3n) is 7.44.